The Morgan fingerprint density at radius 3 is 2.67 bits per heavy atom. The van der Waals surface area contributed by atoms with E-state index in [0.717, 1.165) is 13.0 Å². The van der Waals surface area contributed by atoms with E-state index in [9.17, 15) is 0 Å². The second-order valence-corrected chi connectivity index (χ2v) is 2.59. The first-order valence-electron chi connectivity index (χ1n) is 3.34. The average molecular weight is 123 g/mol. The van der Waals surface area contributed by atoms with Crippen molar-refractivity contribution in [3.63, 3.8) is 0 Å². The van der Waals surface area contributed by atoms with E-state index in [2.05, 4.69) is 25.2 Å². The largest absolute Gasteiger partial charge is 0.387 e. The van der Waals surface area contributed by atoms with Crippen LogP contribution < -0.4 is 5.32 Å². The molecule has 1 aliphatic rings. The molecule has 0 saturated heterocycles. The summed E-state index contributed by atoms with van der Waals surface area (Å²) in [4.78, 5) is 0. The Kier molecular flexibility index (Phi) is 1.93. The third kappa shape index (κ3) is 1.60. The van der Waals surface area contributed by atoms with Crippen LogP contribution in [0.15, 0.2) is 23.4 Å². The predicted octanol–water partition coefficient (Wildman–Crippen LogP) is 1.83. The van der Waals surface area contributed by atoms with Crippen molar-refractivity contribution in [2.75, 3.05) is 6.54 Å². The summed E-state index contributed by atoms with van der Waals surface area (Å²) in [5.74, 6) is 0. The highest BCUT2D eigenvalue weighted by molar-refractivity contribution is 5.18. The number of hydrogen-bond acceptors (Lipinski definition) is 1. The Morgan fingerprint density at radius 2 is 2.33 bits per heavy atom. The van der Waals surface area contributed by atoms with Crippen LogP contribution in [-0.4, -0.2) is 6.54 Å². The molecule has 1 heteroatoms. The van der Waals surface area contributed by atoms with Crippen LogP contribution in [0.2, 0.25) is 0 Å². The maximum Gasteiger partial charge on any atom is 0.0360 e. The highest BCUT2D eigenvalue weighted by Crippen LogP contribution is 2.09. The fraction of sp³-hybridized carbons (Fsp3) is 0.500. The van der Waals surface area contributed by atoms with Crippen molar-refractivity contribution in [3.05, 3.63) is 23.4 Å². The molecule has 0 spiro atoms. The molecule has 0 bridgehead atoms. The smallest absolute Gasteiger partial charge is 0.0360 e. The zero-order valence-electron chi connectivity index (χ0n) is 6.07. The van der Waals surface area contributed by atoms with Gasteiger partial charge in [0.1, 0.15) is 0 Å². The van der Waals surface area contributed by atoms with Gasteiger partial charge in [-0.2, -0.15) is 0 Å². The van der Waals surface area contributed by atoms with Gasteiger partial charge in [-0.3, -0.25) is 0 Å². The van der Waals surface area contributed by atoms with Crippen LogP contribution >= 0.6 is 0 Å². The highest BCUT2D eigenvalue weighted by atomic mass is 14.8. The molecule has 0 fully saturated rings. The lowest BCUT2D eigenvalue weighted by Gasteiger charge is -2.11. The van der Waals surface area contributed by atoms with Gasteiger partial charge in [0, 0.05) is 6.54 Å². The van der Waals surface area contributed by atoms with Gasteiger partial charge in [-0.25, -0.2) is 0 Å². The topological polar surface area (TPSA) is 12.0 Å². The monoisotopic (exact) mass is 123 g/mol. The van der Waals surface area contributed by atoms with Crippen molar-refractivity contribution in [1.82, 2.24) is 5.32 Å². The zero-order valence-corrected chi connectivity index (χ0v) is 6.07. The molecule has 1 aliphatic heterocycles. The Balaban J connectivity index is 2.64. The van der Waals surface area contributed by atoms with Crippen LogP contribution in [0.5, 0.6) is 0 Å². The van der Waals surface area contributed by atoms with Crippen molar-refractivity contribution in [2.24, 2.45) is 0 Å². The number of nitrogens with one attached hydrogen (secondary N) is 1. The molecule has 9 heavy (non-hydrogen) atoms. The molecule has 1 nitrogen and oxygen atoms in total. The summed E-state index contributed by atoms with van der Waals surface area (Å²) in [6.07, 6.45) is 5.31. The molecule has 1 rings (SSSR count). The van der Waals surface area contributed by atoms with Gasteiger partial charge in [-0.05, 0) is 32.0 Å². The summed E-state index contributed by atoms with van der Waals surface area (Å²) in [5, 5.41) is 3.18. The van der Waals surface area contributed by atoms with E-state index in [1.807, 2.05) is 6.20 Å². The van der Waals surface area contributed by atoms with Gasteiger partial charge >= 0.3 is 0 Å². The first kappa shape index (κ1) is 6.40. The first-order valence-corrected chi connectivity index (χ1v) is 3.34. The lowest BCUT2D eigenvalue weighted by atomic mass is 10.1. The van der Waals surface area contributed by atoms with Crippen LogP contribution in [0.1, 0.15) is 20.3 Å². The summed E-state index contributed by atoms with van der Waals surface area (Å²) in [6.45, 7) is 5.37. The van der Waals surface area contributed by atoms with Gasteiger partial charge in [0.05, 0.1) is 0 Å². The molecule has 0 aromatic carbocycles. The second kappa shape index (κ2) is 2.72. The minimum atomic E-state index is 1.04. The molecule has 0 radical (unpaired) electrons. The molecule has 1 N–H and O–H groups in total. The Hall–Kier alpha value is -0.720. The van der Waals surface area contributed by atoms with Crippen LogP contribution in [0.4, 0.5) is 0 Å². The molecule has 0 atom stereocenters. The van der Waals surface area contributed by atoms with Crippen LogP contribution in [0, 0.1) is 0 Å². The van der Waals surface area contributed by atoms with Crippen LogP contribution in [0.3, 0.4) is 0 Å². The van der Waals surface area contributed by atoms with Crippen molar-refractivity contribution >= 4 is 0 Å². The number of rotatable bonds is 0. The quantitative estimate of drug-likeness (QED) is 0.484. The molecular formula is C8H13N. The molecule has 0 aromatic heterocycles. The minimum absolute atomic E-state index is 1.04. The molecule has 0 amide bonds. The summed E-state index contributed by atoms with van der Waals surface area (Å²) in [7, 11) is 0. The Labute approximate surface area is 56.5 Å². The lowest BCUT2D eigenvalue weighted by molar-refractivity contribution is 0.854. The van der Waals surface area contributed by atoms with E-state index in [0.29, 0.717) is 0 Å². The molecule has 0 aliphatic carbocycles. The summed E-state index contributed by atoms with van der Waals surface area (Å²) in [5.41, 5.74) is 2.98. The third-order valence-corrected chi connectivity index (χ3v) is 1.62. The van der Waals surface area contributed by atoms with Gasteiger partial charge in [0.15, 0.2) is 0 Å². The summed E-state index contributed by atoms with van der Waals surface area (Å²) >= 11 is 0. The maximum atomic E-state index is 3.18. The van der Waals surface area contributed by atoms with Crippen molar-refractivity contribution in [2.45, 2.75) is 20.3 Å². The number of allylic oxidation sites excluding steroid dienone is 2. The van der Waals surface area contributed by atoms with E-state index in [1.165, 1.54) is 11.1 Å². The average Bonchev–Trinajstić information content (AvgIpc) is 1.90. The number of hydrogen-bond donors (Lipinski definition) is 1. The van der Waals surface area contributed by atoms with E-state index in [1.54, 1.807) is 0 Å². The first-order chi connectivity index (χ1) is 4.30. The fourth-order valence-corrected chi connectivity index (χ4v) is 0.920. The molecule has 0 saturated carbocycles. The molecule has 0 unspecified atom stereocenters. The van der Waals surface area contributed by atoms with Gasteiger partial charge in [-0.1, -0.05) is 11.6 Å². The van der Waals surface area contributed by atoms with E-state index in [-0.39, 0.29) is 0 Å². The Morgan fingerprint density at radius 1 is 1.56 bits per heavy atom. The SMILES string of the molecule is CC(C)=C1CC=CNC1. The van der Waals surface area contributed by atoms with Gasteiger partial charge in [0.2, 0.25) is 0 Å². The molecule has 50 valence electrons. The van der Waals surface area contributed by atoms with Crippen molar-refractivity contribution in [3.8, 4) is 0 Å². The normalized spacial score (nSPS) is 17.3. The Bertz CT molecular complexity index is 150. The van der Waals surface area contributed by atoms with Gasteiger partial charge in [0.25, 0.3) is 0 Å². The van der Waals surface area contributed by atoms with Crippen LogP contribution in [-0.2, 0) is 0 Å². The van der Waals surface area contributed by atoms with E-state index < -0.39 is 0 Å². The van der Waals surface area contributed by atoms with Crippen molar-refractivity contribution in [1.29, 1.82) is 0 Å². The minimum Gasteiger partial charge on any atom is -0.387 e. The third-order valence-electron chi connectivity index (χ3n) is 1.62. The molecule has 0 aromatic rings. The van der Waals surface area contributed by atoms with E-state index >= 15 is 0 Å². The fourth-order valence-electron chi connectivity index (χ4n) is 0.920. The maximum absolute atomic E-state index is 3.18. The zero-order chi connectivity index (χ0) is 6.69. The second-order valence-electron chi connectivity index (χ2n) is 2.59. The highest BCUT2D eigenvalue weighted by Gasteiger charge is 1.98. The predicted molar refractivity (Wildman–Crippen MR) is 40.1 cm³/mol. The lowest BCUT2D eigenvalue weighted by Crippen LogP contribution is -2.14. The van der Waals surface area contributed by atoms with E-state index in [4.69, 9.17) is 0 Å². The molecular weight excluding hydrogens is 110 g/mol. The van der Waals surface area contributed by atoms with Crippen LogP contribution in [0.25, 0.3) is 0 Å². The van der Waals surface area contributed by atoms with Crippen molar-refractivity contribution < 1.29 is 0 Å². The summed E-state index contributed by atoms with van der Waals surface area (Å²) in [6, 6.07) is 0. The van der Waals surface area contributed by atoms with Gasteiger partial charge < -0.3 is 5.32 Å². The summed E-state index contributed by atoms with van der Waals surface area (Å²) < 4.78 is 0. The molecule has 1 heterocycles. The standard InChI is InChI=1S/C8H13N/c1-7(2)8-4-3-5-9-6-8/h3,5,9H,4,6H2,1-2H3. The van der Waals surface area contributed by atoms with Gasteiger partial charge in [-0.15, -0.1) is 0 Å².